The van der Waals surface area contributed by atoms with Crippen molar-refractivity contribution in [3.63, 3.8) is 0 Å². The van der Waals surface area contributed by atoms with Gasteiger partial charge in [-0.1, -0.05) is 18.2 Å². The molecule has 9 nitrogen and oxygen atoms in total. The van der Waals surface area contributed by atoms with Crippen LogP contribution in [0.25, 0.3) is 10.9 Å². The molecule has 0 aliphatic heterocycles. The Labute approximate surface area is 174 Å². The summed E-state index contributed by atoms with van der Waals surface area (Å²) >= 11 is 3.96. The molecule has 2 amide bonds. The van der Waals surface area contributed by atoms with Gasteiger partial charge in [-0.3, -0.25) is 9.59 Å². The molecule has 29 heavy (non-hydrogen) atoms. The summed E-state index contributed by atoms with van der Waals surface area (Å²) in [6, 6.07) is 4.59. The number of carbonyl (C=O) groups is 3. The first-order chi connectivity index (χ1) is 13.9. The minimum Gasteiger partial charge on any atom is -0.480 e. The fraction of sp³-hybridized carbons (Fsp3) is 0.421. The van der Waals surface area contributed by atoms with Crippen molar-refractivity contribution in [3.05, 3.63) is 36.0 Å². The molecule has 8 N–H and O–H groups in total. The number of hydrogen-bond acceptors (Lipinski definition) is 6. The number of aliphatic carboxylic acids is 1. The molecule has 0 bridgehead atoms. The number of aromatic nitrogens is 1. The van der Waals surface area contributed by atoms with Crippen LogP contribution in [0.3, 0.4) is 0 Å². The van der Waals surface area contributed by atoms with E-state index in [4.69, 9.17) is 11.5 Å². The van der Waals surface area contributed by atoms with E-state index < -0.39 is 35.9 Å². The number of nitrogens with one attached hydrogen (secondary N) is 3. The zero-order valence-corrected chi connectivity index (χ0v) is 16.8. The monoisotopic (exact) mass is 421 g/mol. The van der Waals surface area contributed by atoms with Crippen molar-refractivity contribution in [1.82, 2.24) is 15.6 Å². The highest BCUT2D eigenvalue weighted by atomic mass is 32.1. The van der Waals surface area contributed by atoms with Gasteiger partial charge in [0.15, 0.2) is 0 Å². The molecule has 1 heterocycles. The molecule has 158 valence electrons. The van der Waals surface area contributed by atoms with Gasteiger partial charge in [0.25, 0.3) is 0 Å². The maximum atomic E-state index is 12.8. The summed E-state index contributed by atoms with van der Waals surface area (Å²) in [5.74, 6) is -2.39. The second kappa shape index (κ2) is 10.8. The van der Waals surface area contributed by atoms with Crippen molar-refractivity contribution in [3.8, 4) is 0 Å². The van der Waals surface area contributed by atoms with E-state index in [1.807, 2.05) is 24.3 Å². The number of carbonyl (C=O) groups excluding carboxylic acids is 2. The van der Waals surface area contributed by atoms with E-state index in [2.05, 4.69) is 28.2 Å². The highest BCUT2D eigenvalue weighted by molar-refractivity contribution is 7.80. The number of fused-ring (bicyclic) bond motifs is 1. The standard InChI is InChI=1S/C19H27N5O4S/c20-7-3-5-13(21)17(25)23-15(18(26)24-16(10-29)19(27)28)8-11-9-22-14-6-2-1-4-12(11)14/h1-2,4,6,9,13,15-16,22,29H,3,5,7-8,10,20-21H2,(H,23,25)(H,24,26)(H,27,28)/t13-,15-,16-/m0/s1. The normalized spacial score (nSPS) is 14.2. The Morgan fingerprint density at radius 1 is 1.14 bits per heavy atom. The number of carboxylic acid groups (broad SMARTS) is 1. The lowest BCUT2D eigenvalue weighted by Gasteiger charge is -2.22. The number of para-hydroxylation sites is 1. The molecule has 0 radical (unpaired) electrons. The number of hydrogen-bond donors (Lipinski definition) is 7. The molecule has 3 atom stereocenters. The van der Waals surface area contributed by atoms with Gasteiger partial charge in [0.05, 0.1) is 6.04 Å². The quantitative estimate of drug-likeness (QED) is 0.248. The highest BCUT2D eigenvalue weighted by Gasteiger charge is 2.28. The number of amides is 2. The lowest BCUT2D eigenvalue weighted by Crippen LogP contribution is -2.55. The minimum absolute atomic E-state index is 0.0785. The first kappa shape index (κ1) is 22.7. The number of carboxylic acids is 1. The van der Waals surface area contributed by atoms with Crippen LogP contribution in [0.2, 0.25) is 0 Å². The minimum atomic E-state index is -1.20. The molecule has 2 rings (SSSR count). The summed E-state index contributed by atoms with van der Waals surface area (Å²) in [7, 11) is 0. The predicted molar refractivity (Wildman–Crippen MR) is 114 cm³/mol. The first-order valence-electron chi connectivity index (χ1n) is 9.32. The largest absolute Gasteiger partial charge is 0.480 e. The second-order valence-corrected chi connectivity index (χ2v) is 7.11. The van der Waals surface area contributed by atoms with Crippen LogP contribution in [0.5, 0.6) is 0 Å². The zero-order chi connectivity index (χ0) is 21.4. The Hall–Kier alpha value is -2.56. The first-order valence-corrected chi connectivity index (χ1v) is 9.95. The molecule has 0 saturated carbocycles. The molecule has 0 aliphatic carbocycles. The average molecular weight is 422 g/mol. The van der Waals surface area contributed by atoms with Gasteiger partial charge in [0, 0.05) is 29.3 Å². The predicted octanol–water partition coefficient (Wildman–Crippen LogP) is -0.239. The van der Waals surface area contributed by atoms with Crippen molar-refractivity contribution < 1.29 is 19.5 Å². The Balaban J connectivity index is 2.21. The number of H-pyrrole nitrogens is 1. The van der Waals surface area contributed by atoms with Crippen LogP contribution in [-0.2, 0) is 20.8 Å². The van der Waals surface area contributed by atoms with Gasteiger partial charge in [-0.05, 0) is 31.0 Å². The molecule has 0 spiro atoms. The zero-order valence-electron chi connectivity index (χ0n) is 15.9. The van der Waals surface area contributed by atoms with Gasteiger partial charge in [0.1, 0.15) is 12.1 Å². The van der Waals surface area contributed by atoms with Gasteiger partial charge in [-0.25, -0.2) is 4.79 Å². The van der Waals surface area contributed by atoms with Crippen molar-refractivity contribution >= 4 is 41.3 Å². The van der Waals surface area contributed by atoms with Crippen LogP contribution < -0.4 is 22.1 Å². The van der Waals surface area contributed by atoms with E-state index in [9.17, 15) is 19.5 Å². The Morgan fingerprint density at radius 3 is 2.48 bits per heavy atom. The number of nitrogens with two attached hydrogens (primary N) is 2. The van der Waals surface area contributed by atoms with E-state index in [0.717, 1.165) is 16.5 Å². The van der Waals surface area contributed by atoms with Crippen LogP contribution >= 0.6 is 12.6 Å². The molecular formula is C19H27N5O4S. The summed E-state index contributed by atoms with van der Waals surface area (Å²) in [6.07, 6.45) is 2.90. The van der Waals surface area contributed by atoms with Crippen LogP contribution in [0.1, 0.15) is 18.4 Å². The third-order valence-electron chi connectivity index (χ3n) is 4.59. The number of rotatable bonds is 11. The van der Waals surface area contributed by atoms with E-state index in [0.29, 0.717) is 19.4 Å². The van der Waals surface area contributed by atoms with Crippen molar-refractivity contribution in [2.24, 2.45) is 11.5 Å². The summed E-state index contributed by atoms with van der Waals surface area (Å²) in [5.41, 5.74) is 13.0. The summed E-state index contributed by atoms with van der Waals surface area (Å²) in [4.78, 5) is 39.6. The van der Waals surface area contributed by atoms with Gasteiger partial charge < -0.3 is 32.2 Å². The maximum absolute atomic E-state index is 12.8. The van der Waals surface area contributed by atoms with E-state index >= 15 is 0 Å². The van der Waals surface area contributed by atoms with Crippen molar-refractivity contribution in [1.29, 1.82) is 0 Å². The number of aromatic amines is 1. The van der Waals surface area contributed by atoms with Crippen LogP contribution in [0.15, 0.2) is 30.5 Å². The third-order valence-corrected chi connectivity index (χ3v) is 4.95. The Bertz CT molecular complexity index is 856. The van der Waals surface area contributed by atoms with Crippen LogP contribution in [0, 0.1) is 0 Å². The smallest absolute Gasteiger partial charge is 0.327 e. The SMILES string of the molecule is NCCC[C@H](N)C(=O)N[C@@H](Cc1c[nH]c2ccccc12)C(=O)N[C@@H](CS)C(=O)O. The molecule has 0 saturated heterocycles. The average Bonchev–Trinajstić information content (AvgIpc) is 3.12. The van der Waals surface area contributed by atoms with Gasteiger partial charge in [0.2, 0.25) is 11.8 Å². The van der Waals surface area contributed by atoms with E-state index in [1.165, 1.54) is 0 Å². The second-order valence-electron chi connectivity index (χ2n) is 6.74. The molecule has 0 aliphatic rings. The summed E-state index contributed by atoms with van der Waals surface area (Å²) in [5, 5.41) is 15.2. The van der Waals surface area contributed by atoms with Gasteiger partial charge >= 0.3 is 5.97 Å². The van der Waals surface area contributed by atoms with Gasteiger partial charge in [-0.15, -0.1) is 0 Å². The lowest BCUT2D eigenvalue weighted by molar-refractivity contribution is -0.141. The van der Waals surface area contributed by atoms with E-state index in [-0.39, 0.29) is 12.2 Å². The molecule has 0 fully saturated rings. The van der Waals surface area contributed by atoms with Crippen LogP contribution in [0.4, 0.5) is 0 Å². The lowest BCUT2D eigenvalue weighted by atomic mass is 10.0. The van der Waals surface area contributed by atoms with E-state index in [1.54, 1.807) is 6.20 Å². The molecule has 2 aromatic rings. The molecule has 0 unspecified atom stereocenters. The Kier molecular flexibility index (Phi) is 8.50. The molecular weight excluding hydrogens is 394 g/mol. The Morgan fingerprint density at radius 2 is 1.83 bits per heavy atom. The third kappa shape index (κ3) is 6.21. The summed E-state index contributed by atoms with van der Waals surface area (Å²) < 4.78 is 0. The molecule has 10 heteroatoms. The number of thiol groups is 1. The maximum Gasteiger partial charge on any atom is 0.327 e. The topological polar surface area (TPSA) is 163 Å². The fourth-order valence-corrected chi connectivity index (χ4v) is 3.18. The summed E-state index contributed by atoms with van der Waals surface area (Å²) in [6.45, 7) is 0.405. The number of benzene rings is 1. The van der Waals surface area contributed by atoms with Crippen molar-refractivity contribution in [2.75, 3.05) is 12.3 Å². The highest BCUT2D eigenvalue weighted by Crippen LogP contribution is 2.19. The molecule has 1 aromatic carbocycles. The molecule has 1 aromatic heterocycles. The fourth-order valence-electron chi connectivity index (χ4n) is 2.94. The van der Waals surface area contributed by atoms with Gasteiger partial charge in [-0.2, -0.15) is 12.6 Å². The van der Waals surface area contributed by atoms with Crippen molar-refractivity contribution in [2.45, 2.75) is 37.4 Å². The van der Waals surface area contributed by atoms with Crippen LogP contribution in [-0.4, -0.2) is 58.3 Å².